The standard InChI is InChI=1S/C13H28N2/c1-5-7-12-10-15(9-11(3)4)13(6-2)8-14-12/h11-14H,5-10H2,1-4H3. The van der Waals surface area contributed by atoms with Crippen LogP contribution in [0.15, 0.2) is 0 Å². The van der Waals surface area contributed by atoms with Crippen molar-refractivity contribution in [1.82, 2.24) is 10.2 Å². The molecule has 1 fully saturated rings. The molecule has 0 bridgehead atoms. The van der Waals surface area contributed by atoms with Crippen LogP contribution in [0.1, 0.15) is 47.0 Å². The molecule has 1 saturated heterocycles. The third kappa shape index (κ3) is 4.12. The van der Waals surface area contributed by atoms with Crippen LogP contribution in [0.5, 0.6) is 0 Å². The summed E-state index contributed by atoms with van der Waals surface area (Å²) in [6, 6.07) is 1.50. The normalized spacial score (nSPS) is 28.6. The monoisotopic (exact) mass is 212 g/mol. The van der Waals surface area contributed by atoms with Gasteiger partial charge in [-0.1, -0.05) is 34.1 Å². The highest BCUT2D eigenvalue weighted by molar-refractivity contribution is 4.85. The van der Waals surface area contributed by atoms with E-state index in [9.17, 15) is 0 Å². The lowest BCUT2D eigenvalue weighted by Gasteiger charge is -2.41. The molecule has 1 aliphatic rings. The minimum Gasteiger partial charge on any atom is -0.311 e. The first-order valence-corrected chi connectivity index (χ1v) is 6.64. The van der Waals surface area contributed by atoms with Gasteiger partial charge in [-0.15, -0.1) is 0 Å². The highest BCUT2D eigenvalue weighted by Gasteiger charge is 2.26. The van der Waals surface area contributed by atoms with Gasteiger partial charge in [-0.2, -0.15) is 0 Å². The molecule has 2 atom stereocenters. The molecule has 0 radical (unpaired) electrons. The number of hydrogen-bond donors (Lipinski definition) is 1. The van der Waals surface area contributed by atoms with Crippen LogP contribution >= 0.6 is 0 Å². The summed E-state index contributed by atoms with van der Waals surface area (Å²) in [6.07, 6.45) is 3.90. The Labute approximate surface area is 95.4 Å². The highest BCUT2D eigenvalue weighted by atomic mass is 15.2. The van der Waals surface area contributed by atoms with E-state index < -0.39 is 0 Å². The van der Waals surface area contributed by atoms with E-state index in [1.54, 1.807) is 0 Å². The minimum atomic E-state index is 0.733. The summed E-state index contributed by atoms with van der Waals surface area (Å²) in [7, 11) is 0. The largest absolute Gasteiger partial charge is 0.311 e. The lowest BCUT2D eigenvalue weighted by molar-refractivity contribution is 0.109. The molecule has 0 aromatic rings. The van der Waals surface area contributed by atoms with E-state index in [4.69, 9.17) is 0 Å². The Bertz CT molecular complexity index is 168. The molecular weight excluding hydrogens is 184 g/mol. The maximum atomic E-state index is 3.68. The molecule has 1 rings (SSSR count). The molecule has 0 amide bonds. The zero-order chi connectivity index (χ0) is 11.3. The molecule has 0 aromatic carbocycles. The number of piperazine rings is 1. The molecule has 1 aliphatic heterocycles. The first kappa shape index (κ1) is 13.0. The van der Waals surface area contributed by atoms with Gasteiger partial charge in [0.1, 0.15) is 0 Å². The molecule has 2 unspecified atom stereocenters. The Morgan fingerprint density at radius 2 is 2.07 bits per heavy atom. The van der Waals surface area contributed by atoms with Crippen molar-refractivity contribution in [1.29, 1.82) is 0 Å². The zero-order valence-electron chi connectivity index (χ0n) is 10.9. The smallest absolute Gasteiger partial charge is 0.0218 e. The second-order valence-corrected chi connectivity index (χ2v) is 5.30. The summed E-state index contributed by atoms with van der Waals surface area (Å²) in [5, 5.41) is 3.68. The molecule has 15 heavy (non-hydrogen) atoms. The fraction of sp³-hybridized carbons (Fsp3) is 1.00. The van der Waals surface area contributed by atoms with Gasteiger partial charge < -0.3 is 5.32 Å². The third-order valence-corrected chi connectivity index (χ3v) is 3.32. The van der Waals surface area contributed by atoms with Crippen molar-refractivity contribution in [2.75, 3.05) is 19.6 Å². The molecular formula is C13H28N2. The maximum absolute atomic E-state index is 3.68. The predicted octanol–water partition coefficient (Wildman–Crippen LogP) is 2.49. The van der Waals surface area contributed by atoms with E-state index in [0.717, 1.165) is 18.0 Å². The van der Waals surface area contributed by atoms with Crippen LogP contribution in [0, 0.1) is 5.92 Å². The molecule has 0 aromatic heterocycles. The minimum absolute atomic E-state index is 0.733. The van der Waals surface area contributed by atoms with Gasteiger partial charge >= 0.3 is 0 Å². The van der Waals surface area contributed by atoms with Crippen molar-refractivity contribution >= 4 is 0 Å². The number of nitrogens with one attached hydrogen (secondary N) is 1. The van der Waals surface area contributed by atoms with E-state index in [1.807, 2.05) is 0 Å². The van der Waals surface area contributed by atoms with Crippen molar-refractivity contribution in [3.8, 4) is 0 Å². The SMILES string of the molecule is CCCC1CN(CC(C)C)C(CC)CN1. The summed E-state index contributed by atoms with van der Waals surface area (Å²) in [4.78, 5) is 2.70. The lowest BCUT2D eigenvalue weighted by Crippen LogP contribution is -2.56. The summed E-state index contributed by atoms with van der Waals surface area (Å²) in [5.41, 5.74) is 0. The quantitative estimate of drug-likeness (QED) is 0.753. The van der Waals surface area contributed by atoms with E-state index in [0.29, 0.717) is 0 Å². The van der Waals surface area contributed by atoms with Gasteiger partial charge in [-0.05, 0) is 18.8 Å². The molecule has 1 N–H and O–H groups in total. The number of nitrogens with zero attached hydrogens (tertiary/aromatic N) is 1. The van der Waals surface area contributed by atoms with Gasteiger partial charge in [0.05, 0.1) is 0 Å². The molecule has 1 heterocycles. The van der Waals surface area contributed by atoms with Gasteiger partial charge in [0.15, 0.2) is 0 Å². The van der Waals surface area contributed by atoms with Crippen molar-refractivity contribution in [2.24, 2.45) is 5.92 Å². The van der Waals surface area contributed by atoms with Gasteiger partial charge in [0.2, 0.25) is 0 Å². The molecule has 2 nitrogen and oxygen atoms in total. The number of rotatable bonds is 5. The lowest BCUT2D eigenvalue weighted by atomic mass is 10.0. The van der Waals surface area contributed by atoms with Crippen LogP contribution in [0.2, 0.25) is 0 Å². The van der Waals surface area contributed by atoms with Crippen LogP contribution in [-0.4, -0.2) is 36.6 Å². The Morgan fingerprint density at radius 1 is 1.33 bits per heavy atom. The Hall–Kier alpha value is -0.0800. The van der Waals surface area contributed by atoms with E-state index >= 15 is 0 Å². The van der Waals surface area contributed by atoms with Crippen LogP contribution in [0.25, 0.3) is 0 Å². The van der Waals surface area contributed by atoms with Crippen molar-refractivity contribution in [3.05, 3.63) is 0 Å². The molecule has 2 heteroatoms. The van der Waals surface area contributed by atoms with Gasteiger partial charge in [-0.3, -0.25) is 4.90 Å². The predicted molar refractivity (Wildman–Crippen MR) is 67.2 cm³/mol. The van der Waals surface area contributed by atoms with Gasteiger partial charge in [0.25, 0.3) is 0 Å². The molecule has 90 valence electrons. The van der Waals surface area contributed by atoms with E-state index in [-0.39, 0.29) is 0 Å². The topological polar surface area (TPSA) is 15.3 Å². The second kappa shape index (κ2) is 6.49. The fourth-order valence-electron chi connectivity index (χ4n) is 2.57. The average Bonchev–Trinajstić information content (AvgIpc) is 2.18. The van der Waals surface area contributed by atoms with Crippen molar-refractivity contribution < 1.29 is 0 Å². The molecule has 0 aliphatic carbocycles. The summed E-state index contributed by atoms with van der Waals surface area (Å²) in [6.45, 7) is 12.9. The highest BCUT2D eigenvalue weighted by Crippen LogP contribution is 2.14. The van der Waals surface area contributed by atoms with Crippen molar-refractivity contribution in [2.45, 2.75) is 59.0 Å². The fourth-order valence-corrected chi connectivity index (χ4v) is 2.57. The van der Waals surface area contributed by atoms with Crippen LogP contribution in [0.4, 0.5) is 0 Å². The first-order valence-electron chi connectivity index (χ1n) is 6.64. The second-order valence-electron chi connectivity index (χ2n) is 5.30. The molecule has 0 saturated carbocycles. The Kier molecular flexibility index (Phi) is 5.62. The van der Waals surface area contributed by atoms with Crippen LogP contribution in [-0.2, 0) is 0 Å². The number of hydrogen-bond acceptors (Lipinski definition) is 2. The van der Waals surface area contributed by atoms with Gasteiger partial charge in [0, 0.05) is 31.7 Å². The Balaban J connectivity index is 2.45. The van der Waals surface area contributed by atoms with Crippen molar-refractivity contribution in [3.63, 3.8) is 0 Å². The summed E-state index contributed by atoms with van der Waals surface area (Å²) >= 11 is 0. The zero-order valence-corrected chi connectivity index (χ0v) is 10.9. The van der Waals surface area contributed by atoms with E-state index in [1.165, 1.54) is 38.9 Å². The third-order valence-electron chi connectivity index (χ3n) is 3.32. The summed E-state index contributed by atoms with van der Waals surface area (Å²) < 4.78 is 0. The maximum Gasteiger partial charge on any atom is 0.0218 e. The van der Waals surface area contributed by atoms with Crippen LogP contribution in [0.3, 0.4) is 0 Å². The van der Waals surface area contributed by atoms with Gasteiger partial charge in [-0.25, -0.2) is 0 Å². The van der Waals surface area contributed by atoms with Crippen LogP contribution < -0.4 is 5.32 Å². The van der Waals surface area contributed by atoms with E-state index in [2.05, 4.69) is 37.9 Å². The average molecular weight is 212 g/mol. The molecule has 0 spiro atoms. The summed E-state index contributed by atoms with van der Waals surface area (Å²) in [5.74, 6) is 0.791. The Morgan fingerprint density at radius 3 is 2.60 bits per heavy atom. The first-order chi connectivity index (χ1) is 7.17.